The fraction of sp³-hybridized carbons (Fsp3) is 0.824. The van der Waals surface area contributed by atoms with Crippen LogP contribution in [-0.2, 0) is 28.6 Å². The number of hydrogen-bond acceptors (Lipinski definition) is 6. The summed E-state index contributed by atoms with van der Waals surface area (Å²) in [5, 5.41) is 0. The Kier molecular flexibility index (Phi) is 66.1. The smallest absolute Gasteiger partial charge is 0.306 e. The van der Waals surface area contributed by atoms with Crippen molar-refractivity contribution in [3.63, 3.8) is 0 Å². The second-order valence-electron chi connectivity index (χ2n) is 23.8. The van der Waals surface area contributed by atoms with Crippen LogP contribution >= 0.6 is 0 Å². The molecule has 6 nitrogen and oxygen atoms in total. The minimum absolute atomic E-state index is 0.0721. The van der Waals surface area contributed by atoms with Gasteiger partial charge in [-0.25, -0.2) is 0 Å². The number of carbonyl (C=O) groups is 3. The van der Waals surface area contributed by atoms with Crippen LogP contribution in [0, 0.1) is 0 Å². The topological polar surface area (TPSA) is 78.9 Å². The van der Waals surface area contributed by atoms with Gasteiger partial charge in [-0.1, -0.05) is 326 Å². The lowest BCUT2D eigenvalue weighted by Gasteiger charge is -2.18. The van der Waals surface area contributed by atoms with Crippen LogP contribution in [0.25, 0.3) is 0 Å². The Balaban J connectivity index is 4.28. The van der Waals surface area contributed by atoms with Gasteiger partial charge in [-0.15, -0.1) is 0 Å². The van der Waals surface area contributed by atoms with Crippen molar-refractivity contribution in [3.05, 3.63) is 60.8 Å². The van der Waals surface area contributed by atoms with Gasteiger partial charge < -0.3 is 14.2 Å². The van der Waals surface area contributed by atoms with Crippen LogP contribution in [-0.4, -0.2) is 37.2 Å². The molecule has 0 aliphatic rings. The molecule has 0 fully saturated rings. The lowest BCUT2D eigenvalue weighted by Crippen LogP contribution is -2.30. The summed E-state index contributed by atoms with van der Waals surface area (Å²) in [7, 11) is 0. The zero-order valence-corrected chi connectivity index (χ0v) is 53.6. The molecule has 0 aromatic carbocycles. The number of hydrogen-bond donors (Lipinski definition) is 0. The molecule has 1 atom stereocenters. The molecule has 0 spiro atoms. The molecule has 0 saturated heterocycles. The third-order valence-electron chi connectivity index (χ3n) is 15.7. The molecular formula is C74H134O6. The minimum Gasteiger partial charge on any atom is -0.462 e. The van der Waals surface area contributed by atoms with Crippen molar-refractivity contribution < 1.29 is 28.6 Å². The highest BCUT2D eigenvalue weighted by molar-refractivity contribution is 5.71. The van der Waals surface area contributed by atoms with Gasteiger partial charge >= 0.3 is 17.9 Å². The van der Waals surface area contributed by atoms with Crippen LogP contribution in [0.1, 0.15) is 374 Å². The van der Waals surface area contributed by atoms with Crippen LogP contribution in [0.15, 0.2) is 60.8 Å². The monoisotopic (exact) mass is 1120 g/mol. The van der Waals surface area contributed by atoms with Gasteiger partial charge in [0.2, 0.25) is 0 Å². The summed E-state index contributed by atoms with van der Waals surface area (Å²) in [5.74, 6) is -0.855. The zero-order chi connectivity index (χ0) is 57.8. The number of esters is 3. The van der Waals surface area contributed by atoms with Gasteiger partial charge in [0, 0.05) is 19.3 Å². The van der Waals surface area contributed by atoms with E-state index in [1.165, 1.54) is 257 Å². The average Bonchev–Trinajstić information content (AvgIpc) is 3.46. The van der Waals surface area contributed by atoms with Crippen LogP contribution in [0.4, 0.5) is 0 Å². The number of unbranched alkanes of at least 4 members (excludes halogenated alkanes) is 44. The van der Waals surface area contributed by atoms with E-state index in [1.807, 2.05) is 0 Å². The van der Waals surface area contributed by atoms with Gasteiger partial charge in [0.15, 0.2) is 6.10 Å². The lowest BCUT2D eigenvalue weighted by molar-refractivity contribution is -0.167. The Hall–Kier alpha value is -2.89. The van der Waals surface area contributed by atoms with Crippen LogP contribution in [0.2, 0.25) is 0 Å². The van der Waals surface area contributed by atoms with Crippen molar-refractivity contribution in [1.82, 2.24) is 0 Å². The highest BCUT2D eigenvalue weighted by Gasteiger charge is 2.19. The predicted molar refractivity (Wildman–Crippen MR) is 348 cm³/mol. The number of rotatable bonds is 65. The van der Waals surface area contributed by atoms with Crippen molar-refractivity contribution in [2.45, 2.75) is 380 Å². The maximum Gasteiger partial charge on any atom is 0.306 e. The fourth-order valence-corrected chi connectivity index (χ4v) is 10.4. The first-order valence-electron chi connectivity index (χ1n) is 35.3. The molecule has 0 radical (unpaired) electrons. The molecule has 0 aromatic rings. The van der Waals surface area contributed by atoms with Gasteiger partial charge in [-0.05, 0) is 89.9 Å². The summed E-state index contributed by atoms with van der Waals surface area (Å²) >= 11 is 0. The largest absolute Gasteiger partial charge is 0.462 e. The molecular weight excluding hydrogens is 985 g/mol. The van der Waals surface area contributed by atoms with Gasteiger partial charge in [0.05, 0.1) is 0 Å². The molecule has 0 bridgehead atoms. The van der Waals surface area contributed by atoms with E-state index in [-0.39, 0.29) is 31.1 Å². The van der Waals surface area contributed by atoms with Crippen molar-refractivity contribution >= 4 is 17.9 Å². The normalized spacial score (nSPS) is 12.4. The second-order valence-corrected chi connectivity index (χ2v) is 23.8. The maximum absolute atomic E-state index is 12.9. The van der Waals surface area contributed by atoms with Crippen molar-refractivity contribution in [2.24, 2.45) is 0 Å². The van der Waals surface area contributed by atoms with Crippen molar-refractivity contribution in [2.75, 3.05) is 13.2 Å². The molecule has 0 amide bonds. The first-order valence-corrected chi connectivity index (χ1v) is 35.3. The predicted octanol–water partition coefficient (Wildman–Crippen LogP) is 24.3. The molecule has 0 rings (SSSR count). The minimum atomic E-state index is -0.777. The Morgan fingerprint density at radius 3 is 0.700 bits per heavy atom. The van der Waals surface area contributed by atoms with Crippen molar-refractivity contribution in [1.29, 1.82) is 0 Å². The second kappa shape index (κ2) is 68.6. The molecule has 1 unspecified atom stereocenters. The van der Waals surface area contributed by atoms with E-state index in [4.69, 9.17) is 14.2 Å². The van der Waals surface area contributed by atoms with Crippen molar-refractivity contribution in [3.8, 4) is 0 Å². The molecule has 0 N–H and O–H groups in total. The summed E-state index contributed by atoms with van der Waals surface area (Å²) in [6.07, 6.45) is 88.1. The van der Waals surface area contributed by atoms with E-state index >= 15 is 0 Å². The molecule has 0 heterocycles. The zero-order valence-electron chi connectivity index (χ0n) is 53.6. The molecule has 80 heavy (non-hydrogen) atoms. The number of allylic oxidation sites excluding steroid dienone is 10. The summed E-state index contributed by atoms with van der Waals surface area (Å²) in [4.78, 5) is 38.4. The highest BCUT2D eigenvalue weighted by Crippen LogP contribution is 2.18. The quantitative estimate of drug-likeness (QED) is 0.0261. The third-order valence-corrected chi connectivity index (χ3v) is 15.7. The molecule has 0 saturated carbocycles. The first kappa shape index (κ1) is 77.1. The Morgan fingerprint density at radius 1 is 0.250 bits per heavy atom. The van der Waals surface area contributed by atoms with Crippen LogP contribution < -0.4 is 0 Å². The van der Waals surface area contributed by atoms with E-state index in [1.54, 1.807) is 0 Å². The van der Waals surface area contributed by atoms with E-state index in [0.717, 1.165) is 77.0 Å². The highest BCUT2D eigenvalue weighted by atomic mass is 16.6. The number of ether oxygens (including phenoxy) is 3. The van der Waals surface area contributed by atoms with Gasteiger partial charge in [0.1, 0.15) is 13.2 Å². The molecule has 466 valence electrons. The molecule has 0 aliphatic heterocycles. The van der Waals surface area contributed by atoms with Crippen LogP contribution in [0.3, 0.4) is 0 Å². The van der Waals surface area contributed by atoms with E-state index in [9.17, 15) is 14.4 Å². The third kappa shape index (κ3) is 65.9. The van der Waals surface area contributed by atoms with Gasteiger partial charge in [-0.3, -0.25) is 14.4 Å². The summed E-state index contributed by atoms with van der Waals surface area (Å²) in [6.45, 7) is 6.67. The van der Waals surface area contributed by atoms with E-state index in [0.29, 0.717) is 19.3 Å². The molecule has 0 aliphatic carbocycles. The van der Waals surface area contributed by atoms with Gasteiger partial charge in [-0.2, -0.15) is 0 Å². The summed E-state index contributed by atoms with van der Waals surface area (Å²) in [6, 6.07) is 0. The Morgan fingerprint density at radius 2 is 0.450 bits per heavy atom. The maximum atomic E-state index is 12.9. The Labute approximate surface area is 498 Å². The Bertz CT molecular complexity index is 1430. The fourth-order valence-electron chi connectivity index (χ4n) is 10.4. The summed E-state index contributed by atoms with van der Waals surface area (Å²) < 4.78 is 17.0. The first-order chi connectivity index (χ1) is 39.5. The lowest BCUT2D eigenvalue weighted by atomic mass is 10.0. The molecule has 6 heteroatoms. The summed E-state index contributed by atoms with van der Waals surface area (Å²) in [5.41, 5.74) is 0. The van der Waals surface area contributed by atoms with Crippen LogP contribution in [0.5, 0.6) is 0 Å². The number of carbonyl (C=O) groups excluding carboxylic acids is 3. The average molecular weight is 1120 g/mol. The molecule has 0 aromatic heterocycles. The SMILES string of the molecule is CCCCCCC/C=C\C/C=C\C/C=C\CCCCCCCCCCCCCCC(=O)OCC(COC(=O)CCCCCCCCCCCCCCCC)OC(=O)CCCCCCCCCCC/C=C\C/C=C\CCCCCCC. The van der Waals surface area contributed by atoms with E-state index in [2.05, 4.69) is 81.5 Å². The standard InChI is InChI=1S/C74H134O6/c1-4-7-10-13-16-19-22-25-28-30-32-34-35-36-37-38-39-41-42-44-46-49-52-55-58-61-64-67-73(76)79-70-71(69-78-72(75)66-63-60-57-54-51-48-27-24-21-18-15-12-9-6-3)80-74(77)68-65-62-59-56-53-50-47-45-43-40-33-31-29-26-23-20-17-14-11-8-5-2/h22-23,25-26,30-33,35-36,71H,4-21,24,27-29,34,37-70H2,1-3H3/b25-22-,26-23-,32-30-,33-31-,36-35-. The van der Waals surface area contributed by atoms with E-state index < -0.39 is 6.10 Å². The van der Waals surface area contributed by atoms with Gasteiger partial charge in [0.25, 0.3) is 0 Å².